The predicted molar refractivity (Wildman–Crippen MR) is 124 cm³/mol. The van der Waals surface area contributed by atoms with E-state index >= 15 is 0 Å². The molecule has 32 heavy (non-hydrogen) atoms. The first-order valence-electron chi connectivity index (χ1n) is 11.4. The molecule has 0 spiro atoms. The van der Waals surface area contributed by atoms with Crippen LogP contribution in [0.4, 0.5) is 0 Å². The standard InChI is InChI=1S/C25H32N2O4S/c1-5-7-23-25(28)26-15-14-19-16-20(31-4)10-13-22(19)24(26)17(3)27(23)32(29,30)21-11-8-18(6-2)9-12-21/h8-13,16-17,23-24H,5-7,14-15H2,1-4H3. The van der Waals surface area contributed by atoms with Gasteiger partial charge < -0.3 is 9.64 Å². The maximum atomic E-state index is 13.9. The highest BCUT2D eigenvalue weighted by Crippen LogP contribution is 2.42. The van der Waals surface area contributed by atoms with Gasteiger partial charge in [0.25, 0.3) is 0 Å². The number of benzene rings is 2. The Balaban J connectivity index is 1.80. The number of hydrogen-bond donors (Lipinski definition) is 0. The van der Waals surface area contributed by atoms with Gasteiger partial charge in [0.2, 0.25) is 15.9 Å². The van der Waals surface area contributed by atoms with Crippen LogP contribution in [0.1, 0.15) is 56.3 Å². The Morgan fingerprint density at radius 3 is 2.44 bits per heavy atom. The molecule has 172 valence electrons. The van der Waals surface area contributed by atoms with Gasteiger partial charge in [-0.1, -0.05) is 38.5 Å². The minimum Gasteiger partial charge on any atom is -0.497 e. The molecule has 7 heteroatoms. The third-order valence-corrected chi connectivity index (χ3v) is 8.84. The second-order valence-corrected chi connectivity index (χ2v) is 10.5. The van der Waals surface area contributed by atoms with Crippen LogP contribution < -0.4 is 4.74 Å². The maximum absolute atomic E-state index is 13.9. The lowest BCUT2D eigenvalue weighted by Crippen LogP contribution is -2.64. The molecule has 6 nitrogen and oxygen atoms in total. The monoisotopic (exact) mass is 456 g/mol. The fraction of sp³-hybridized carbons (Fsp3) is 0.480. The largest absolute Gasteiger partial charge is 0.497 e. The smallest absolute Gasteiger partial charge is 0.244 e. The van der Waals surface area contributed by atoms with E-state index in [4.69, 9.17) is 4.74 Å². The number of carbonyl (C=O) groups excluding carboxylic acids is 1. The van der Waals surface area contributed by atoms with Crippen LogP contribution in [0.5, 0.6) is 5.75 Å². The normalized spacial score (nSPS) is 23.6. The molecule has 3 atom stereocenters. The summed E-state index contributed by atoms with van der Waals surface area (Å²) in [5, 5.41) is 0. The Morgan fingerprint density at radius 2 is 1.81 bits per heavy atom. The molecule has 3 unspecified atom stereocenters. The summed E-state index contributed by atoms with van der Waals surface area (Å²) in [6.45, 7) is 6.55. The molecule has 1 amide bonds. The van der Waals surface area contributed by atoms with E-state index in [0.717, 1.165) is 41.7 Å². The van der Waals surface area contributed by atoms with Crippen molar-refractivity contribution in [2.75, 3.05) is 13.7 Å². The summed E-state index contributed by atoms with van der Waals surface area (Å²) < 4.78 is 34.6. The maximum Gasteiger partial charge on any atom is 0.244 e. The van der Waals surface area contributed by atoms with Gasteiger partial charge in [-0.15, -0.1) is 0 Å². The molecule has 0 aliphatic carbocycles. The Morgan fingerprint density at radius 1 is 1.09 bits per heavy atom. The number of ether oxygens (including phenoxy) is 1. The van der Waals surface area contributed by atoms with E-state index in [1.165, 1.54) is 4.31 Å². The molecule has 1 fully saturated rings. The van der Waals surface area contributed by atoms with Crippen molar-refractivity contribution in [3.63, 3.8) is 0 Å². The summed E-state index contributed by atoms with van der Waals surface area (Å²) in [5.41, 5.74) is 3.20. The van der Waals surface area contributed by atoms with Gasteiger partial charge >= 0.3 is 0 Å². The van der Waals surface area contributed by atoms with Crippen molar-refractivity contribution in [3.8, 4) is 5.75 Å². The van der Waals surface area contributed by atoms with E-state index in [1.54, 1.807) is 19.2 Å². The van der Waals surface area contributed by atoms with Crippen LogP contribution >= 0.6 is 0 Å². The summed E-state index contributed by atoms with van der Waals surface area (Å²) in [4.78, 5) is 15.8. The number of methoxy groups -OCH3 is 1. The van der Waals surface area contributed by atoms with Crippen LogP contribution in [0, 0.1) is 0 Å². The molecule has 0 aromatic heterocycles. The topological polar surface area (TPSA) is 66.9 Å². The van der Waals surface area contributed by atoms with E-state index in [0.29, 0.717) is 13.0 Å². The van der Waals surface area contributed by atoms with Crippen LogP contribution in [-0.2, 0) is 27.7 Å². The van der Waals surface area contributed by atoms with Crippen molar-refractivity contribution in [2.24, 2.45) is 0 Å². The van der Waals surface area contributed by atoms with Gasteiger partial charge in [-0.25, -0.2) is 8.42 Å². The Kier molecular flexibility index (Phi) is 6.32. The molecule has 4 rings (SSSR count). The Bertz CT molecular complexity index is 1100. The van der Waals surface area contributed by atoms with E-state index < -0.39 is 16.1 Å². The van der Waals surface area contributed by atoms with Crippen LogP contribution in [0.3, 0.4) is 0 Å². The number of hydrogen-bond acceptors (Lipinski definition) is 4. The van der Waals surface area contributed by atoms with Crippen molar-refractivity contribution in [2.45, 2.75) is 69.5 Å². The van der Waals surface area contributed by atoms with Gasteiger partial charge in [0.05, 0.1) is 18.0 Å². The number of rotatable bonds is 6. The minimum absolute atomic E-state index is 0.0924. The molecule has 2 aliphatic heterocycles. The number of amides is 1. The van der Waals surface area contributed by atoms with E-state index in [-0.39, 0.29) is 22.9 Å². The lowest BCUT2D eigenvalue weighted by Gasteiger charge is -2.51. The average molecular weight is 457 g/mol. The number of fused-ring (bicyclic) bond motifs is 3. The average Bonchev–Trinajstić information content (AvgIpc) is 2.81. The van der Waals surface area contributed by atoms with Gasteiger partial charge in [0.1, 0.15) is 11.8 Å². The first-order chi connectivity index (χ1) is 15.3. The fourth-order valence-electron chi connectivity index (χ4n) is 5.18. The molecule has 0 radical (unpaired) electrons. The summed E-state index contributed by atoms with van der Waals surface area (Å²) in [6, 6.07) is 11.5. The quantitative estimate of drug-likeness (QED) is 0.660. The molecule has 0 N–H and O–H groups in total. The SMILES string of the molecule is CCCC1C(=O)N2CCc3cc(OC)ccc3C2C(C)N1S(=O)(=O)c1ccc(CC)cc1. The zero-order valence-corrected chi connectivity index (χ0v) is 20.1. The van der Waals surface area contributed by atoms with Crippen molar-refractivity contribution in [1.82, 2.24) is 9.21 Å². The van der Waals surface area contributed by atoms with Crippen LogP contribution in [-0.4, -0.2) is 49.3 Å². The molecular weight excluding hydrogens is 424 g/mol. The van der Waals surface area contributed by atoms with Crippen molar-refractivity contribution in [1.29, 1.82) is 0 Å². The molecule has 0 bridgehead atoms. The van der Waals surface area contributed by atoms with Gasteiger partial charge in [0.15, 0.2) is 0 Å². The Labute approximate surface area is 191 Å². The van der Waals surface area contributed by atoms with Crippen molar-refractivity contribution < 1.29 is 17.9 Å². The molecule has 2 aromatic rings. The highest BCUT2D eigenvalue weighted by atomic mass is 32.2. The Hall–Kier alpha value is -2.38. The van der Waals surface area contributed by atoms with Crippen molar-refractivity contribution >= 4 is 15.9 Å². The fourth-order valence-corrected chi connectivity index (χ4v) is 6.99. The molecular formula is C25H32N2O4S. The number of carbonyl (C=O) groups is 1. The lowest BCUT2D eigenvalue weighted by atomic mass is 9.85. The first-order valence-corrected chi connectivity index (χ1v) is 12.9. The second-order valence-electron chi connectivity index (χ2n) is 8.67. The summed E-state index contributed by atoms with van der Waals surface area (Å²) >= 11 is 0. The highest BCUT2D eigenvalue weighted by molar-refractivity contribution is 7.89. The van der Waals surface area contributed by atoms with Gasteiger partial charge in [-0.05, 0) is 67.1 Å². The van der Waals surface area contributed by atoms with Gasteiger partial charge in [-0.3, -0.25) is 4.79 Å². The van der Waals surface area contributed by atoms with Crippen LogP contribution in [0.25, 0.3) is 0 Å². The number of sulfonamides is 1. The van der Waals surface area contributed by atoms with E-state index in [2.05, 4.69) is 0 Å². The third-order valence-electron chi connectivity index (χ3n) is 6.83. The van der Waals surface area contributed by atoms with E-state index in [1.807, 2.05) is 56.0 Å². The molecule has 0 saturated carbocycles. The highest BCUT2D eigenvalue weighted by Gasteiger charge is 2.51. The van der Waals surface area contributed by atoms with Crippen molar-refractivity contribution in [3.05, 3.63) is 59.2 Å². The minimum atomic E-state index is -3.85. The van der Waals surface area contributed by atoms with Gasteiger partial charge in [-0.2, -0.15) is 4.31 Å². The second kappa shape index (κ2) is 8.87. The summed E-state index contributed by atoms with van der Waals surface area (Å²) in [6.07, 6.45) is 2.82. The number of aryl methyl sites for hydroxylation is 1. The third kappa shape index (κ3) is 3.71. The molecule has 2 heterocycles. The van der Waals surface area contributed by atoms with Crippen LogP contribution in [0.15, 0.2) is 47.4 Å². The molecule has 2 aliphatic rings. The number of piperazine rings is 1. The predicted octanol–water partition coefficient (Wildman–Crippen LogP) is 3.95. The lowest BCUT2D eigenvalue weighted by molar-refractivity contribution is -0.146. The summed E-state index contributed by atoms with van der Waals surface area (Å²) in [5.74, 6) is 0.682. The van der Waals surface area contributed by atoms with E-state index in [9.17, 15) is 13.2 Å². The first kappa shape index (κ1) is 22.8. The zero-order valence-electron chi connectivity index (χ0n) is 19.2. The van der Waals surface area contributed by atoms with Gasteiger partial charge in [0, 0.05) is 12.6 Å². The van der Waals surface area contributed by atoms with Crippen LogP contribution in [0.2, 0.25) is 0 Å². The summed E-state index contributed by atoms with van der Waals surface area (Å²) in [7, 11) is -2.21. The zero-order chi connectivity index (χ0) is 23.0. The number of nitrogens with zero attached hydrogens (tertiary/aromatic N) is 2. The molecule has 1 saturated heterocycles. The molecule has 2 aromatic carbocycles.